The molecule has 0 aliphatic carbocycles. The molecule has 0 radical (unpaired) electrons. The van der Waals surface area contributed by atoms with Crippen molar-refractivity contribution < 1.29 is 24.0 Å². The van der Waals surface area contributed by atoms with Gasteiger partial charge in [-0.2, -0.15) is 5.10 Å². The van der Waals surface area contributed by atoms with E-state index in [1.807, 2.05) is 36.4 Å². The molecule has 2 aromatic carbocycles. The van der Waals surface area contributed by atoms with E-state index < -0.39 is 28.9 Å². The maximum Gasteiger partial charge on any atom is 0.338 e. The van der Waals surface area contributed by atoms with Crippen molar-refractivity contribution in [3.05, 3.63) is 93.2 Å². The lowest BCUT2D eigenvalue weighted by Crippen LogP contribution is -2.49. The third kappa shape index (κ3) is 7.10. The zero-order chi connectivity index (χ0) is 26.8. The normalized spacial score (nSPS) is 15.7. The van der Waals surface area contributed by atoms with Crippen LogP contribution in [0.5, 0.6) is 0 Å². The highest BCUT2D eigenvalue weighted by Crippen LogP contribution is 2.35. The summed E-state index contributed by atoms with van der Waals surface area (Å²) in [5.41, 5.74) is 3.92. The summed E-state index contributed by atoms with van der Waals surface area (Å²) >= 11 is 0. The van der Waals surface area contributed by atoms with Gasteiger partial charge in [0.05, 0.1) is 23.1 Å². The molecule has 1 aliphatic heterocycles. The smallest absolute Gasteiger partial charge is 0.338 e. The zero-order valence-electron chi connectivity index (χ0n) is 20.4. The highest BCUT2D eigenvalue weighted by Gasteiger charge is 2.39. The van der Waals surface area contributed by atoms with Crippen LogP contribution in [0.2, 0.25) is 0 Å². The number of amides is 3. The van der Waals surface area contributed by atoms with E-state index in [2.05, 4.69) is 15.8 Å². The van der Waals surface area contributed by atoms with Gasteiger partial charge in [0, 0.05) is 37.0 Å². The summed E-state index contributed by atoms with van der Waals surface area (Å²) in [7, 11) is 0. The Morgan fingerprint density at radius 3 is 2.68 bits per heavy atom. The number of hydrogen-bond donors (Lipinski definition) is 2. The Balaban J connectivity index is 1.77. The van der Waals surface area contributed by atoms with Crippen molar-refractivity contribution in [2.45, 2.75) is 26.3 Å². The van der Waals surface area contributed by atoms with Crippen molar-refractivity contribution in [1.82, 2.24) is 15.6 Å². The van der Waals surface area contributed by atoms with Gasteiger partial charge in [0.1, 0.15) is 0 Å². The molecule has 2 N–H and O–H groups in total. The number of rotatable bonds is 10. The molecule has 1 heterocycles. The number of urea groups is 1. The van der Waals surface area contributed by atoms with E-state index >= 15 is 0 Å². The fraction of sp³-hybridized carbons (Fsp3) is 0.231. The van der Waals surface area contributed by atoms with E-state index in [0.29, 0.717) is 5.56 Å². The maximum atomic E-state index is 12.9. The molecule has 192 valence electrons. The van der Waals surface area contributed by atoms with Gasteiger partial charge >= 0.3 is 12.0 Å². The fourth-order valence-corrected chi connectivity index (χ4v) is 3.79. The molecule has 0 fully saturated rings. The third-order valence-electron chi connectivity index (χ3n) is 5.45. The van der Waals surface area contributed by atoms with Crippen molar-refractivity contribution >= 4 is 35.9 Å². The maximum absolute atomic E-state index is 12.9. The van der Waals surface area contributed by atoms with E-state index in [1.165, 1.54) is 29.3 Å². The summed E-state index contributed by atoms with van der Waals surface area (Å²) in [6.07, 6.45) is 4.79. The van der Waals surface area contributed by atoms with Crippen LogP contribution in [0.25, 0.3) is 6.08 Å². The Labute approximate surface area is 213 Å². The van der Waals surface area contributed by atoms with Crippen molar-refractivity contribution in [2.75, 3.05) is 13.2 Å². The van der Waals surface area contributed by atoms with Crippen LogP contribution < -0.4 is 10.7 Å². The number of hydrogen-bond acceptors (Lipinski definition) is 7. The lowest BCUT2D eigenvalue weighted by atomic mass is 9.93. The molecule has 1 unspecified atom stereocenters. The van der Waals surface area contributed by atoms with Gasteiger partial charge in [0.25, 0.3) is 5.69 Å². The molecule has 0 saturated carbocycles. The van der Waals surface area contributed by atoms with Crippen LogP contribution in [0.1, 0.15) is 37.4 Å². The number of nitro benzene ring substituents is 1. The van der Waals surface area contributed by atoms with E-state index in [1.54, 1.807) is 26.0 Å². The molecule has 11 heteroatoms. The van der Waals surface area contributed by atoms with Gasteiger partial charge in [-0.05, 0) is 31.1 Å². The lowest BCUT2D eigenvalue weighted by molar-refractivity contribution is -0.384. The predicted octanol–water partition coefficient (Wildman–Crippen LogP) is 3.70. The van der Waals surface area contributed by atoms with E-state index in [0.717, 1.165) is 5.56 Å². The van der Waals surface area contributed by atoms with Gasteiger partial charge in [-0.15, -0.1) is 0 Å². The standard InChI is InChI=1S/C26H27N5O6/c1-3-37-25(33)23-18(2)28-26(34)30(24(23)20-12-7-13-21(17-20)31(35)36)16-14-22(32)29-27-15-8-11-19-9-5-4-6-10-19/h4-13,15,17,24H,3,14,16H2,1-2H3,(H,28,34)(H,29,32)/b11-8+,27-15-. The summed E-state index contributed by atoms with van der Waals surface area (Å²) in [6.45, 7) is 3.21. The summed E-state index contributed by atoms with van der Waals surface area (Å²) < 4.78 is 5.18. The van der Waals surface area contributed by atoms with Gasteiger partial charge in [-0.25, -0.2) is 15.0 Å². The van der Waals surface area contributed by atoms with Gasteiger partial charge in [0.2, 0.25) is 5.91 Å². The van der Waals surface area contributed by atoms with Crippen molar-refractivity contribution in [2.24, 2.45) is 5.10 Å². The highest BCUT2D eigenvalue weighted by molar-refractivity contribution is 5.95. The molecular formula is C26H27N5O6. The Hall–Kier alpha value is -4.80. The predicted molar refractivity (Wildman–Crippen MR) is 137 cm³/mol. The summed E-state index contributed by atoms with van der Waals surface area (Å²) in [6, 6.07) is 13.7. The Bertz CT molecular complexity index is 1260. The quantitative estimate of drug-likeness (QED) is 0.218. The molecule has 0 bridgehead atoms. The average molecular weight is 506 g/mol. The number of nitrogens with one attached hydrogen (secondary N) is 2. The van der Waals surface area contributed by atoms with Gasteiger partial charge < -0.3 is 15.0 Å². The summed E-state index contributed by atoms with van der Waals surface area (Å²) in [5.74, 6) is -1.13. The van der Waals surface area contributed by atoms with E-state index in [9.17, 15) is 24.5 Å². The second-order valence-electron chi connectivity index (χ2n) is 7.97. The Kier molecular flexibility index (Phi) is 9.25. The lowest BCUT2D eigenvalue weighted by Gasteiger charge is -2.37. The molecule has 0 saturated heterocycles. The second-order valence-corrected chi connectivity index (χ2v) is 7.97. The Morgan fingerprint density at radius 1 is 1.22 bits per heavy atom. The molecule has 0 aromatic heterocycles. The molecule has 37 heavy (non-hydrogen) atoms. The van der Waals surface area contributed by atoms with Crippen LogP contribution in [0, 0.1) is 10.1 Å². The van der Waals surface area contributed by atoms with Crippen LogP contribution in [-0.4, -0.2) is 47.1 Å². The van der Waals surface area contributed by atoms with Crippen LogP contribution in [0.3, 0.4) is 0 Å². The minimum atomic E-state index is -0.988. The average Bonchev–Trinajstić information content (AvgIpc) is 2.88. The highest BCUT2D eigenvalue weighted by atomic mass is 16.6. The molecule has 1 aliphatic rings. The number of benzene rings is 2. The van der Waals surface area contributed by atoms with Crippen LogP contribution in [-0.2, 0) is 14.3 Å². The van der Waals surface area contributed by atoms with Gasteiger partial charge in [0.15, 0.2) is 0 Å². The monoisotopic (exact) mass is 505 g/mol. The number of carbonyl (C=O) groups excluding carboxylic acids is 3. The third-order valence-corrected chi connectivity index (χ3v) is 5.45. The second kappa shape index (κ2) is 12.8. The number of non-ortho nitro benzene ring substituents is 1. The summed E-state index contributed by atoms with van der Waals surface area (Å²) in [4.78, 5) is 50.2. The largest absolute Gasteiger partial charge is 0.463 e. The van der Waals surface area contributed by atoms with E-state index in [4.69, 9.17) is 4.74 Å². The van der Waals surface area contributed by atoms with Gasteiger partial charge in [-0.1, -0.05) is 48.5 Å². The summed E-state index contributed by atoms with van der Waals surface area (Å²) in [5, 5.41) is 17.8. The molecule has 0 spiro atoms. The molecule has 2 aromatic rings. The van der Waals surface area contributed by atoms with Crippen molar-refractivity contribution in [1.29, 1.82) is 0 Å². The van der Waals surface area contributed by atoms with Gasteiger partial charge in [-0.3, -0.25) is 14.9 Å². The number of carbonyl (C=O) groups is 3. The zero-order valence-corrected chi connectivity index (χ0v) is 20.4. The first-order chi connectivity index (χ1) is 17.8. The van der Waals surface area contributed by atoms with Crippen molar-refractivity contribution in [3.63, 3.8) is 0 Å². The molecule has 1 atom stereocenters. The number of ether oxygens (including phenoxy) is 1. The minimum Gasteiger partial charge on any atom is -0.463 e. The first kappa shape index (κ1) is 26.8. The SMILES string of the molecule is CCOC(=O)C1=C(C)NC(=O)N(CCC(=O)N/N=C\C=C\c2ccccc2)C1c1cccc([N+](=O)[O-])c1. The number of nitro groups is 1. The molecular weight excluding hydrogens is 478 g/mol. The van der Waals surface area contributed by atoms with Crippen LogP contribution in [0.4, 0.5) is 10.5 Å². The van der Waals surface area contributed by atoms with Crippen LogP contribution in [0.15, 0.2) is 77.0 Å². The van der Waals surface area contributed by atoms with Crippen LogP contribution >= 0.6 is 0 Å². The minimum absolute atomic E-state index is 0.0867. The molecule has 11 nitrogen and oxygen atoms in total. The topological polar surface area (TPSA) is 143 Å². The number of hydrazone groups is 1. The number of nitrogens with zero attached hydrogens (tertiary/aromatic N) is 3. The first-order valence-corrected chi connectivity index (χ1v) is 11.5. The molecule has 3 rings (SSSR count). The fourth-order valence-electron chi connectivity index (χ4n) is 3.79. The Morgan fingerprint density at radius 2 is 1.97 bits per heavy atom. The van der Waals surface area contributed by atoms with Crippen molar-refractivity contribution in [3.8, 4) is 0 Å². The molecule has 3 amide bonds. The first-order valence-electron chi connectivity index (χ1n) is 11.5. The number of esters is 1. The number of allylic oxidation sites excluding steroid dienone is 2. The van der Waals surface area contributed by atoms with E-state index in [-0.39, 0.29) is 36.5 Å².